The van der Waals surface area contributed by atoms with Crippen LogP contribution in [0.3, 0.4) is 0 Å². The zero-order valence-electron chi connectivity index (χ0n) is 10.1. The summed E-state index contributed by atoms with van der Waals surface area (Å²) in [4.78, 5) is 22.2. The molecule has 0 saturated carbocycles. The predicted octanol–water partition coefficient (Wildman–Crippen LogP) is 1.21. The summed E-state index contributed by atoms with van der Waals surface area (Å²) in [6, 6.07) is 8.63. The molecule has 1 atom stereocenters. The maximum absolute atomic E-state index is 11.2. The highest BCUT2D eigenvalue weighted by molar-refractivity contribution is 5.95. The second-order valence-corrected chi connectivity index (χ2v) is 3.76. The van der Waals surface area contributed by atoms with E-state index in [4.69, 9.17) is 5.11 Å². The number of amides is 1. The maximum atomic E-state index is 11.2. The molecule has 1 unspecified atom stereocenters. The Hall–Kier alpha value is -2.28. The molecule has 0 aliphatic carbocycles. The Bertz CT molecular complexity index is 471. The van der Waals surface area contributed by atoms with E-state index in [1.54, 1.807) is 0 Å². The summed E-state index contributed by atoms with van der Waals surface area (Å²) in [5.41, 5.74) is 1.04. The highest BCUT2D eigenvalue weighted by atomic mass is 16.4. The highest BCUT2D eigenvalue weighted by Gasteiger charge is 2.18. The van der Waals surface area contributed by atoms with Crippen LogP contribution in [0.4, 0.5) is 0 Å². The molecule has 0 aromatic heterocycles. The van der Waals surface area contributed by atoms with Crippen LogP contribution in [-0.4, -0.2) is 23.0 Å². The van der Waals surface area contributed by atoms with Crippen molar-refractivity contribution in [3.63, 3.8) is 0 Å². The van der Waals surface area contributed by atoms with Crippen molar-refractivity contribution in [2.45, 2.75) is 25.8 Å². The van der Waals surface area contributed by atoms with Crippen LogP contribution in [0.25, 0.3) is 0 Å². The molecule has 4 nitrogen and oxygen atoms in total. The zero-order chi connectivity index (χ0) is 13.4. The van der Waals surface area contributed by atoms with Gasteiger partial charge < -0.3 is 10.4 Å². The van der Waals surface area contributed by atoms with Gasteiger partial charge in [0.1, 0.15) is 6.04 Å². The van der Waals surface area contributed by atoms with Gasteiger partial charge in [0.05, 0.1) is 0 Å². The number of carboxylic acid groups (broad SMARTS) is 1. The Morgan fingerprint density at radius 3 is 2.56 bits per heavy atom. The number of hydrogen-bond donors (Lipinski definition) is 2. The Morgan fingerprint density at radius 1 is 1.33 bits per heavy atom. The standard InChI is InChI=1S/C14H15NO3/c1-2-6-13(16)15-12(14(17)18)10-9-11-7-4-3-5-8-11/h3-5,7-8,12H,9-10H2,1H3,(H,15,16)(H,17,18). The molecule has 0 heterocycles. The molecule has 0 radical (unpaired) electrons. The molecular weight excluding hydrogens is 230 g/mol. The zero-order valence-corrected chi connectivity index (χ0v) is 10.1. The number of nitrogens with one attached hydrogen (secondary N) is 1. The van der Waals surface area contributed by atoms with Gasteiger partial charge in [-0.15, -0.1) is 0 Å². The average molecular weight is 245 g/mol. The molecule has 0 bridgehead atoms. The van der Waals surface area contributed by atoms with Gasteiger partial charge >= 0.3 is 5.97 Å². The van der Waals surface area contributed by atoms with Gasteiger partial charge in [-0.1, -0.05) is 36.3 Å². The van der Waals surface area contributed by atoms with Crippen LogP contribution in [0, 0.1) is 11.8 Å². The molecule has 0 aliphatic heterocycles. The van der Waals surface area contributed by atoms with E-state index >= 15 is 0 Å². The number of carbonyl (C=O) groups is 2. The highest BCUT2D eigenvalue weighted by Crippen LogP contribution is 2.05. The fraction of sp³-hybridized carbons (Fsp3) is 0.286. The van der Waals surface area contributed by atoms with Crippen LogP contribution in [0.2, 0.25) is 0 Å². The number of benzene rings is 1. The normalized spacial score (nSPS) is 10.9. The molecular formula is C14H15NO3. The minimum Gasteiger partial charge on any atom is -0.480 e. The summed E-state index contributed by atoms with van der Waals surface area (Å²) < 4.78 is 0. The molecule has 1 aromatic rings. The number of carbonyl (C=O) groups excluding carboxylic acids is 1. The third-order valence-electron chi connectivity index (χ3n) is 2.41. The number of aliphatic carboxylic acids is 1. The second-order valence-electron chi connectivity index (χ2n) is 3.76. The van der Waals surface area contributed by atoms with Crippen molar-refractivity contribution in [1.82, 2.24) is 5.32 Å². The third kappa shape index (κ3) is 4.71. The predicted molar refractivity (Wildman–Crippen MR) is 67.8 cm³/mol. The van der Waals surface area contributed by atoms with Crippen LogP contribution in [-0.2, 0) is 16.0 Å². The minimum absolute atomic E-state index is 0.344. The Morgan fingerprint density at radius 2 is 2.00 bits per heavy atom. The van der Waals surface area contributed by atoms with Crippen molar-refractivity contribution >= 4 is 11.9 Å². The summed E-state index contributed by atoms with van der Waals surface area (Å²) in [6.07, 6.45) is 0.939. The monoisotopic (exact) mass is 245 g/mol. The lowest BCUT2D eigenvalue weighted by molar-refractivity contribution is -0.141. The fourth-order valence-electron chi connectivity index (χ4n) is 1.52. The second kappa shape index (κ2) is 7.13. The lowest BCUT2D eigenvalue weighted by Gasteiger charge is -2.12. The van der Waals surface area contributed by atoms with Crippen LogP contribution < -0.4 is 5.32 Å². The van der Waals surface area contributed by atoms with Gasteiger partial charge in [-0.25, -0.2) is 4.79 Å². The Kier molecular flexibility index (Phi) is 5.46. The summed E-state index contributed by atoms with van der Waals surface area (Å²) in [6.45, 7) is 1.53. The third-order valence-corrected chi connectivity index (χ3v) is 2.41. The Balaban J connectivity index is 2.55. The molecule has 1 aromatic carbocycles. The van der Waals surface area contributed by atoms with Gasteiger partial charge in [0.25, 0.3) is 5.91 Å². The van der Waals surface area contributed by atoms with Crippen LogP contribution in [0.15, 0.2) is 30.3 Å². The summed E-state index contributed by atoms with van der Waals surface area (Å²) in [5, 5.41) is 11.4. The maximum Gasteiger partial charge on any atom is 0.326 e. The first kappa shape index (κ1) is 13.8. The number of carboxylic acids is 1. The van der Waals surface area contributed by atoms with Gasteiger partial charge in [0.15, 0.2) is 0 Å². The Labute approximate surface area is 106 Å². The lowest BCUT2D eigenvalue weighted by Crippen LogP contribution is -2.40. The average Bonchev–Trinajstić information content (AvgIpc) is 2.35. The molecule has 18 heavy (non-hydrogen) atoms. The lowest BCUT2D eigenvalue weighted by atomic mass is 10.1. The topological polar surface area (TPSA) is 66.4 Å². The van der Waals surface area contributed by atoms with E-state index in [1.807, 2.05) is 30.3 Å². The van der Waals surface area contributed by atoms with E-state index in [1.165, 1.54) is 6.92 Å². The minimum atomic E-state index is -1.04. The van der Waals surface area contributed by atoms with Crippen molar-refractivity contribution in [3.8, 4) is 11.8 Å². The molecule has 0 aliphatic rings. The van der Waals surface area contributed by atoms with E-state index in [2.05, 4.69) is 17.2 Å². The van der Waals surface area contributed by atoms with Crippen LogP contribution in [0.5, 0.6) is 0 Å². The van der Waals surface area contributed by atoms with E-state index in [-0.39, 0.29) is 0 Å². The molecule has 1 rings (SSSR count). The van der Waals surface area contributed by atoms with Crippen LogP contribution >= 0.6 is 0 Å². The van der Waals surface area contributed by atoms with Crippen molar-refractivity contribution in [1.29, 1.82) is 0 Å². The van der Waals surface area contributed by atoms with Gasteiger partial charge in [0, 0.05) is 0 Å². The van der Waals surface area contributed by atoms with E-state index in [9.17, 15) is 9.59 Å². The van der Waals surface area contributed by atoms with E-state index in [0.29, 0.717) is 12.8 Å². The SMILES string of the molecule is CC#CC(=O)NC(CCc1ccccc1)C(=O)O. The van der Waals surface area contributed by atoms with Crippen molar-refractivity contribution in [2.24, 2.45) is 0 Å². The number of rotatable bonds is 5. The first-order valence-electron chi connectivity index (χ1n) is 5.63. The summed E-state index contributed by atoms with van der Waals surface area (Å²) in [5.74, 6) is 3.09. The molecule has 94 valence electrons. The molecule has 0 saturated heterocycles. The number of hydrogen-bond acceptors (Lipinski definition) is 2. The van der Waals surface area contributed by atoms with Crippen molar-refractivity contribution in [3.05, 3.63) is 35.9 Å². The molecule has 4 heteroatoms. The van der Waals surface area contributed by atoms with Gasteiger partial charge in [-0.05, 0) is 31.2 Å². The van der Waals surface area contributed by atoms with Gasteiger partial charge in [-0.3, -0.25) is 4.79 Å². The molecule has 1 amide bonds. The first-order chi connectivity index (χ1) is 8.63. The summed E-state index contributed by atoms with van der Waals surface area (Å²) in [7, 11) is 0. The van der Waals surface area contributed by atoms with E-state index in [0.717, 1.165) is 5.56 Å². The summed E-state index contributed by atoms with van der Waals surface area (Å²) >= 11 is 0. The molecule has 0 fully saturated rings. The quantitative estimate of drug-likeness (QED) is 0.766. The molecule has 0 spiro atoms. The van der Waals surface area contributed by atoms with Crippen LogP contribution in [0.1, 0.15) is 18.9 Å². The largest absolute Gasteiger partial charge is 0.480 e. The fourth-order valence-corrected chi connectivity index (χ4v) is 1.52. The van der Waals surface area contributed by atoms with Crippen molar-refractivity contribution < 1.29 is 14.7 Å². The first-order valence-corrected chi connectivity index (χ1v) is 5.63. The number of aryl methyl sites for hydroxylation is 1. The smallest absolute Gasteiger partial charge is 0.326 e. The van der Waals surface area contributed by atoms with E-state index < -0.39 is 17.9 Å². The van der Waals surface area contributed by atoms with Gasteiger partial charge in [-0.2, -0.15) is 0 Å². The molecule has 2 N–H and O–H groups in total. The van der Waals surface area contributed by atoms with Gasteiger partial charge in [0.2, 0.25) is 0 Å². The van der Waals surface area contributed by atoms with Crippen molar-refractivity contribution in [2.75, 3.05) is 0 Å².